The molecule has 0 aliphatic carbocycles. The Morgan fingerprint density at radius 2 is 1.74 bits per heavy atom. The molecule has 2 amide bonds. The summed E-state index contributed by atoms with van der Waals surface area (Å²) in [6.45, 7) is 9.05. The van der Waals surface area contributed by atoms with Crippen LogP contribution in [0.5, 0.6) is 0 Å². The minimum absolute atomic E-state index is 0.0111. The molecule has 6 heteroatoms. The summed E-state index contributed by atoms with van der Waals surface area (Å²) in [5, 5.41) is 2.93. The van der Waals surface area contributed by atoms with E-state index in [-0.39, 0.29) is 23.7 Å². The molecule has 1 aliphatic heterocycles. The number of aliphatic imine (C=N–C) groups is 1. The second-order valence-corrected chi connectivity index (χ2v) is 8.60. The predicted molar refractivity (Wildman–Crippen MR) is 123 cm³/mol. The summed E-state index contributed by atoms with van der Waals surface area (Å²) in [6, 6.07) is 15.3. The van der Waals surface area contributed by atoms with Crippen LogP contribution >= 0.6 is 0 Å². The minimum Gasteiger partial charge on any atom is -0.369 e. The van der Waals surface area contributed by atoms with Crippen molar-refractivity contribution in [2.75, 3.05) is 0 Å². The molecular formula is C25H32N4O2. The van der Waals surface area contributed by atoms with E-state index in [1.807, 2.05) is 50.2 Å². The zero-order chi connectivity index (χ0) is 22.6. The topological polar surface area (TPSA) is 87.8 Å². The van der Waals surface area contributed by atoms with Crippen LogP contribution < -0.4 is 11.1 Å². The van der Waals surface area contributed by atoms with E-state index < -0.39 is 5.54 Å². The van der Waals surface area contributed by atoms with E-state index in [9.17, 15) is 9.59 Å². The molecule has 0 saturated carbocycles. The van der Waals surface area contributed by atoms with E-state index in [0.717, 1.165) is 17.5 Å². The van der Waals surface area contributed by atoms with Crippen molar-refractivity contribution in [2.24, 2.45) is 16.6 Å². The molecule has 31 heavy (non-hydrogen) atoms. The summed E-state index contributed by atoms with van der Waals surface area (Å²) in [5.41, 5.74) is 9.48. The van der Waals surface area contributed by atoms with Gasteiger partial charge in [0.2, 0.25) is 5.91 Å². The van der Waals surface area contributed by atoms with Gasteiger partial charge in [-0.2, -0.15) is 0 Å². The molecule has 0 unspecified atom stereocenters. The lowest BCUT2D eigenvalue weighted by atomic mass is 9.80. The smallest absolute Gasteiger partial charge is 0.251 e. The van der Waals surface area contributed by atoms with Gasteiger partial charge in [-0.15, -0.1) is 0 Å². The van der Waals surface area contributed by atoms with Gasteiger partial charge in [0.15, 0.2) is 5.96 Å². The van der Waals surface area contributed by atoms with Crippen molar-refractivity contribution < 1.29 is 9.59 Å². The fourth-order valence-electron chi connectivity index (χ4n) is 3.86. The molecule has 3 rings (SSSR count). The van der Waals surface area contributed by atoms with Crippen LogP contribution in [-0.2, 0) is 17.9 Å². The Bertz CT molecular complexity index is 964. The summed E-state index contributed by atoms with van der Waals surface area (Å²) in [4.78, 5) is 31.5. The summed E-state index contributed by atoms with van der Waals surface area (Å²) < 4.78 is 0. The van der Waals surface area contributed by atoms with Gasteiger partial charge in [-0.3, -0.25) is 14.5 Å². The Hall–Kier alpha value is -3.15. The maximum Gasteiger partial charge on any atom is 0.251 e. The summed E-state index contributed by atoms with van der Waals surface area (Å²) >= 11 is 0. The number of nitrogens with one attached hydrogen (secondary N) is 1. The van der Waals surface area contributed by atoms with Crippen molar-refractivity contribution in [3.63, 3.8) is 0 Å². The van der Waals surface area contributed by atoms with E-state index in [2.05, 4.69) is 19.2 Å². The van der Waals surface area contributed by atoms with Crippen LogP contribution in [-0.4, -0.2) is 28.2 Å². The molecule has 2 aromatic rings. The maximum atomic E-state index is 12.8. The molecule has 0 spiro atoms. The van der Waals surface area contributed by atoms with Crippen molar-refractivity contribution >= 4 is 17.8 Å². The highest BCUT2D eigenvalue weighted by molar-refractivity contribution is 5.99. The van der Waals surface area contributed by atoms with Gasteiger partial charge in [-0.1, -0.05) is 62.7 Å². The first kappa shape index (κ1) is 22.5. The van der Waals surface area contributed by atoms with Crippen LogP contribution in [0.3, 0.4) is 0 Å². The summed E-state index contributed by atoms with van der Waals surface area (Å²) in [5.74, 6) is 0.362. The molecule has 1 atom stereocenters. The molecule has 0 bridgehead atoms. The normalized spacial score (nSPS) is 18.8. The monoisotopic (exact) mass is 420 g/mol. The molecule has 0 saturated heterocycles. The lowest BCUT2D eigenvalue weighted by Gasteiger charge is -2.39. The van der Waals surface area contributed by atoms with Gasteiger partial charge < -0.3 is 11.1 Å². The largest absolute Gasteiger partial charge is 0.369 e. The Kier molecular flexibility index (Phi) is 6.78. The predicted octanol–water partition coefficient (Wildman–Crippen LogP) is 3.78. The number of guanidine groups is 1. The van der Waals surface area contributed by atoms with Crippen molar-refractivity contribution in [3.8, 4) is 0 Å². The summed E-state index contributed by atoms with van der Waals surface area (Å²) in [6.07, 6.45) is 1.14. The first-order valence-electron chi connectivity index (χ1n) is 10.8. The Balaban J connectivity index is 1.63. The first-order valence-corrected chi connectivity index (χ1v) is 10.8. The number of rotatable bonds is 7. The third-order valence-electron chi connectivity index (χ3n) is 6.19. The van der Waals surface area contributed by atoms with Gasteiger partial charge in [0.05, 0.1) is 18.5 Å². The first-order chi connectivity index (χ1) is 14.7. The van der Waals surface area contributed by atoms with Crippen molar-refractivity contribution in [1.82, 2.24) is 10.2 Å². The van der Waals surface area contributed by atoms with E-state index in [1.165, 1.54) is 10.5 Å². The molecule has 3 N–H and O–H groups in total. The number of carbonyl (C=O) groups is 2. The Labute approximate surface area is 184 Å². The zero-order valence-electron chi connectivity index (χ0n) is 18.8. The SMILES string of the molecule is CC[C@@]1(C(C)C)CC(=O)N(Cc2ccc(C(=O)NCc3ccc(C)cc3)cc2)C(N)=N1. The lowest BCUT2D eigenvalue weighted by Crippen LogP contribution is -2.52. The number of benzene rings is 2. The maximum absolute atomic E-state index is 12.8. The molecular weight excluding hydrogens is 388 g/mol. The lowest BCUT2D eigenvalue weighted by molar-refractivity contribution is -0.130. The van der Waals surface area contributed by atoms with Gasteiger partial charge in [0.1, 0.15) is 0 Å². The van der Waals surface area contributed by atoms with Crippen LogP contribution in [0.25, 0.3) is 0 Å². The van der Waals surface area contributed by atoms with E-state index >= 15 is 0 Å². The molecule has 164 valence electrons. The highest BCUT2D eigenvalue weighted by Gasteiger charge is 2.40. The fraction of sp³-hybridized carbons (Fsp3) is 0.400. The zero-order valence-corrected chi connectivity index (χ0v) is 18.8. The molecule has 1 heterocycles. The third kappa shape index (κ3) is 5.13. The van der Waals surface area contributed by atoms with E-state index in [4.69, 9.17) is 10.7 Å². The highest BCUT2D eigenvalue weighted by atomic mass is 16.2. The van der Waals surface area contributed by atoms with Crippen molar-refractivity contribution in [2.45, 2.75) is 59.2 Å². The minimum atomic E-state index is -0.420. The number of nitrogens with zero attached hydrogens (tertiary/aromatic N) is 2. The second kappa shape index (κ2) is 9.33. The molecule has 1 aliphatic rings. The molecule has 0 radical (unpaired) electrons. The molecule has 2 aromatic carbocycles. The number of hydrogen-bond acceptors (Lipinski definition) is 4. The van der Waals surface area contributed by atoms with Crippen LogP contribution in [0, 0.1) is 12.8 Å². The van der Waals surface area contributed by atoms with Crippen molar-refractivity contribution in [1.29, 1.82) is 0 Å². The van der Waals surface area contributed by atoms with Crippen LogP contribution in [0.4, 0.5) is 0 Å². The van der Waals surface area contributed by atoms with E-state index in [0.29, 0.717) is 25.1 Å². The quantitative estimate of drug-likeness (QED) is 0.715. The van der Waals surface area contributed by atoms with Gasteiger partial charge >= 0.3 is 0 Å². The number of aryl methyl sites for hydroxylation is 1. The third-order valence-corrected chi connectivity index (χ3v) is 6.19. The van der Waals surface area contributed by atoms with Gasteiger partial charge in [0, 0.05) is 12.1 Å². The average molecular weight is 421 g/mol. The van der Waals surface area contributed by atoms with Gasteiger partial charge in [-0.25, -0.2) is 4.99 Å². The average Bonchev–Trinajstić information content (AvgIpc) is 2.75. The number of amides is 2. The molecule has 0 fully saturated rings. The number of hydrogen-bond donors (Lipinski definition) is 2. The Morgan fingerprint density at radius 1 is 1.13 bits per heavy atom. The number of carbonyl (C=O) groups excluding carboxylic acids is 2. The fourth-order valence-corrected chi connectivity index (χ4v) is 3.86. The summed E-state index contributed by atoms with van der Waals surface area (Å²) in [7, 11) is 0. The molecule has 0 aromatic heterocycles. The van der Waals surface area contributed by atoms with Crippen molar-refractivity contribution in [3.05, 3.63) is 70.8 Å². The highest BCUT2D eigenvalue weighted by Crippen LogP contribution is 2.33. The van der Waals surface area contributed by atoms with Crippen LogP contribution in [0.15, 0.2) is 53.5 Å². The number of nitrogens with two attached hydrogens (primary N) is 1. The van der Waals surface area contributed by atoms with Gasteiger partial charge in [-0.05, 0) is 42.5 Å². The molecule has 6 nitrogen and oxygen atoms in total. The van der Waals surface area contributed by atoms with Crippen LogP contribution in [0.2, 0.25) is 0 Å². The van der Waals surface area contributed by atoms with E-state index in [1.54, 1.807) is 12.1 Å². The van der Waals surface area contributed by atoms with Gasteiger partial charge in [0.25, 0.3) is 5.91 Å². The standard InChI is InChI=1S/C25H32N4O2/c1-5-25(17(2)3)14-22(30)29(24(26)28-25)16-20-10-12-21(13-11-20)23(31)27-15-19-8-6-18(4)7-9-19/h6-13,17H,5,14-16H2,1-4H3,(H2,26,28)(H,27,31)/t25-/m0/s1. The second-order valence-electron chi connectivity index (χ2n) is 8.60. The Morgan fingerprint density at radius 3 is 2.29 bits per heavy atom. The van der Waals surface area contributed by atoms with Crippen LogP contribution in [0.1, 0.15) is 60.7 Å².